The number of amides is 2. The molecular formula is C27H32N2O6. The van der Waals surface area contributed by atoms with E-state index in [1.54, 1.807) is 0 Å². The van der Waals surface area contributed by atoms with Gasteiger partial charge in [-0.25, -0.2) is 9.59 Å². The average Bonchev–Trinajstić information content (AvgIpc) is 3.42. The van der Waals surface area contributed by atoms with Crippen LogP contribution in [0.3, 0.4) is 0 Å². The zero-order valence-electron chi connectivity index (χ0n) is 20.2. The Labute approximate surface area is 205 Å². The molecule has 2 aromatic carbocycles. The van der Waals surface area contributed by atoms with Crippen LogP contribution in [0.1, 0.15) is 44.2 Å². The standard InChI is InChI=1S/C27H32N2O6/c1-27(2,3)23(24(30)28-14-16-12-13-34-22(16)25(31)32)29-26(33)35-15-21-19-10-6-4-8-17(19)18-9-5-7-11-20(18)21/h4-11,16,21-23H,12-15H2,1-3H3,(H,28,30)(H,29,33)(H,31,32)/t16-,22-,23?/m0/s1. The second kappa shape index (κ2) is 10.1. The smallest absolute Gasteiger partial charge is 0.407 e. The number of hydrogen-bond acceptors (Lipinski definition) is 5. The molecule has 0 spiro atoms. The van der Waals surface area contributed by atoms with Gasteiger partial charge in [0.25, 0.3) is 0 Å². The van der Waals surface area contributed by atoms with E-state index in [1.807, 2.05) is 57.2 Å². The predicted octanol–water partition coefficient (Wildman–Crippen LogP) is 3.55. The number of carboxylic acids is 1. The molecule has 1 fully saturated rings. The molecule has 1 unspecified atom stereocenters. The van der Waals surface area contributed by atoms with Gasteiger partial charge in [-0.15, -0.1) is 0 Å². The van der Waals surface area contributed by atoms with Gasteiger partial charge in [0.2, 0.25) is 5.91 Å². The fraction of sp³-hybridized carbons (Fsp3) is 0.444. The van der Waals surface area contributed by atoms with E-state index in [0.717, 1.165) is 22.3 Å². The van der Waals surface area contributed by atoms with Gasteiger partial charge in [-0.1, -0.05) is 69.3 Å². The molecule has 1 aliphatic carbocycles. The van der Waals surface area contributed by atoms with Crippen LogP contribution in [0.15, 0.2) is 48.5 Å². The van der Waals surface area contributed by atoms with E-state index in [9.17, 15) is 19.5 Å². The Morgan fingerprint density at radius 2 is 1.66 bits per heavy atom. The highest BCUT2D eigenvalue weighted by Crippen LogP contribution is 2.44. The van der Waals surface area contributed by atoms with Crippen LogP contribution in [0, 0.1) is 11.3 Å². The van der Waals surface area contributed by atoms with E-state index < -0.39 is 29.6 Å². The Morgan fingerprint density at radius 1 is 1.06 bits per heavy atom. The Hall–Kier alpha value is -3.39. The number of aliphatic carboxylic acids is 1. The number of carbonyl (C=O) groups excluding carboxylic acids is 2. The molecule has 186 valence electrons. The monoisotopic (exact) mass is 480 g/mol. The van der Waals surface area contributed by atoms with Gasteiger partial charge in [0.15, 0.2) is 6.10 Å². The number of carbonyl (C=O) groups is 3. The average molecular weight is 481 g/mol. The molecule has 1 heterocycles. The first-order valence-electron chi connectivity index (χ1n) is 11.9. The molecule has 1 saturated heterocycles. The Bertz CT molecular complexity index is 1060. The van der Waals surface area contributed by atoms with Gasteiger partial charge >= 0.3 is 12.1 Å². The van der Waals surface area contributed by atoms with E-state index in [0.29, 0.717) is 13.0 Å². The molecule has 0 saturated carbocycles. The lowest BCUT2D eigenvalue weighted by Crippen LogP contribution is -2.54. The summed E-state index contributed by atoms with van der Waals surface area (Å²) in [5.41, 5.74) is 3.91. The van der Waals surface area contributed by atoms with E-state index >= 15 is 0 Å². The van der Waals surface area contributed by atoms with Crippen molar-refractivity contribution in [2.24, 2.45) is 11.3 Å². The molecule has 0 bridgehead atoms. The number of fused-ring (bicyclic) bond motifs is 3. The number of hydrogen-bond donors (Lipinski definition) is 3. The van der Waals surface area contributed by atoms with Gasteiger partial charge in [-0.05, 0) is 34.1 Å². The SMILES string of the molecule is CC(C)(C)C(NC(=O)OCC1c2ccccc2-c2ccccc21)C(=O)NC[C@@H]1CCO[C@@H]1C(=O)O. The lowest BCUT2D eigenvalue weighted by Gasteiger charge is -2.30. The molecule has 35 heavy (non-hydrogen) atoms. The Kier molecular flexibility index (Phi) is 7.12. The van der Waals surface area contributed by atoms with Crippen LogP contribution < -0.4 is 10.6 Å². The second-order valence-corrected chi connectivity index (χ2v) is 10.2. The van der Waals surface area contributed by atoms with Gasteiger partial charge in [-0.3, -0.25) is 4.79 Å². The zero-order valence-corrected chi connectivity index (χ0v) is 20.2. The van der Waals surface area contributed by atoms with Gasteiger partial charge in [0.05, 0.1) is 0 Å². The number of alkyl carbamates (subject to hydrolysis) is 1. The van der Waals surface area contributed by atoms with Crippen molar-refractivity contribution in [2.75, 3.05) is 19.8 Å². The lowest BCUT2D eigenvalue weighted by molar-refractivity contribution is -0.149. The van der Waals surface area contributed by atoms with Gasteiger partial charge in [-0.2, -0.15) is 0 Å². The molecule has 3 N–H and O–H groups in total. The molecule has 1 aliphatic heterocycles. The fourth-order valence-electron chi connectivity index (χ4n) is 4.88. The highest BCUT2D eigenvalue weighted by Gasteiger charge is 2.37. The molecule has 8 heteroatoms. The molecule has 2 aliphatic rings. The highest BCUT2D eigenvalue weighted by molar-refractivity contribution is 5.86. The molecule has 2 aromatic rings. The largest absolute Gasteiger partial charge is 0.479 e. The summed E-state index contributed by atoms with van der Waals surface area (Å²) in [4.78, 5) is 37.1. The first kappa shape index (κ1) is 24.7. The number of ether oxygens (including phenoxy) is 2. The third-order valence-electron chi connectivity index (χ3n) is 6.73. The maximum Gasteiger partial charge on any atom is 0.407 e. The van der Waals surface area contributed by atoms with Gasteiger partial charge in [0, 0.05) is 25.0 Å². The van der Waals surface area contributed by atoms with Crippen molar-refractivity contribution in [3.8, 4) is 11.1 Å². The molecule has 2 amide bonds. The summed E-state index contributed by atoms with van der Waals surface area (Å²) >= 11 is 0. The van der Waals surface area contributed by atoms with Crippen molar-refractivity contribution in [3.05, 3.63) is 59.7 Å². The molecular weight excluding hydrogens is 448 g/mol. The summed E-state index contributed by atoms with van der Waals surface area (Å²) in [6.45, 7) is 6.20. The molecule has 3 atom stereocenters. The van der Waals surface area contributed by atoms with E-state index in [2.05, 4.69) is 22.8 Å². The minimum atomic E-state index is -1.04. The summed E-state index contributed by atoms with van der Waals surface area (Å²) in [5, 5.41) is 14.8. The fourth-order valence-corrected chi connectivity index (χ4v) is 4.88. The lowest BCUT2D eigenvalue weighted by atomic mass is 9.86. The zero-order chi connectivity index (χ0) is 25.2. The van der Waals surface area contributed by atoms with Crippen molar-refractivity contribution in [3.63, 3.8) is 0 Å². The highest BCUT2D eigenvalue weighted by atomic mass is 16.5. The van der Waals surface area contributed by atoms with Crippen molar-refractivity contribution >= 4 is 18.0 Å². The number of benzene rings is 2. The van der Waals surface area contributed by atoms with Crippen molar-refractivity contribution < 1.29 is 29.0 Å². The van der Waals surface area contributed by atoms with Crippen LogP contribution in [0.2, 0.25) is 0 Å². The third kappa shape index (κ3) is 5.32. The molecule has 8 nitrogen and oxygen atoms in total. The summed E-state index contributed by atoms with van der Waals surface area (Å²) in [5.74, 6) is -1.81. The number of rotatable bonds is 7. The summed E-state index contributed by atoms with van der Waals surface area (Å²) in [6, 6.07) is 15.3. The van der Waals surface area contributed by atoms with Crippen molar-refractivity contribution in [1.29, 1.82) is 0 Å². The van der Waals surface area contributed by atoms with Crippen LogP contribution in [-0.4, -0.2) is 55.0 Å². The normalized spacial score (nSPS) is 20.0. The Balaban J connectivity index is 1.38. The summed E-state index contributed by atoms with van der Waals surface area (Å²) < 4.78 is 10.9. The minimum absolute atomic E-state index is 0.0784. The van der Waals surface area contributed by atoms with Crippen LogP contribution >= 0.6 is 0 Å². The van der Waals surface area contributed by atoms with Crippen LogP contribution in [0.5, 0.6) is 0 Å². The molecule has 4 rings (SSSR count). The van der Waals surface area contributed by atoms with E-state index in [1.165, 1.54) is 0 Å². The minimum Gasteiger partial charge on any atom is -0.479 e. The second-order valence-electron chi connectivity index (χ2n) is 10.2. The van der Waals surface area contributed by atoms with Gasteiger partial charge in [0.1, 0.15) is 12.6 Å². The van der Waals surface area contributed by atoms with E-state index in [4.69, 9.17) is 9.47 Å². The maximum atomic E-state index is 13.0. The van der Waals surface area contributed by atoms with Crippen molar-refractivity contribution in [1.82, 2.24) is 10.6 Å². The van der Waals surface area contributed by atoms with E-state index in [-0.39, 0.29) is 30.9 Å². The third-order valence-corrected chi connectivity index (χ3v) is 6.73. The summed E-state index contributed by atoms with van der Waals surface area (Å²) in [6.07, 6.45) is -1.05. The topological polar surface area (TPSA) is 114 Å². The van der Waals surface area contributed by atoms with Crippen molar-refractivity contribution in [2.45, 2.75) is 45.3 Å². The maximum absolute atomic E-state index is 13.0. The van der Waals surface area contributed by atoms with Crippen LogP contribution in [0.25, 0.3) is 11.1 Å². The van der Waals surface area contributed by atoms with Crippen LogP contribution in [0.4, 0.5) is 4.79 Å². The number of carboxylic acid groups (broad SMARTS) is 1. The first-order chi connectivity index (χ1) is 16.7. The number of nitrogens with one attached hydrogen (secondary N) is 2. The first-order valence-corrected chi connectivity index (χ1v) is 11.9. The predicted molar refractivity (Wildman–Crippen MR) is 130 cm³/mol. The van der Waals surface area contributed by atoms with Gasteiger partial charge < -0.3 is 25.2 Å². The molecule has 0 aromatic heterocycles. The quantitative estimate of drug-likeness (QED) is 0.559. The summed E-state index contributed by atoms with van der Waals surface area (Å²) in [7, 11) is 0. The molecule has 0 radical (unpaired) electrons. The van der Waals surface area contributed by atoms with Crippen LogP contribution in [-0.2, 0) is 19.1 Å². The Morgan fingerprint density at radius 3 is 2.23 bits per heavy atom.